The molecular weight excluding hydrogens is 394 g/mol. The maximum atomic E-state index is 13.6. The summed E-state index contributed by atoms with van der Waals surface area (Å²) in [5.41, 5.74) is 2.23. The van der Waals surface area contributed by atoms with E-state index in [-0.39, 0.29) is 4.90 Å². The molecule has 0 saturated carbocycles. The molecule has 3 rings (SSSR count). The fraction of sp³-hybridized carbons (Fsp3) is 0.182. The lowest BCUT2D eigenvalue weighted by molar-refractivity contribution is 0.415. The van der Waals surface area contributed by atoms with Crippen molar-refractivity contribution >= 4 is 27.3 Å². The van der Waals surface area contributed by atoms with Crippen LogP contribution in [0.1, 0.15) is 24.1 Å². The number of hydrogen-bond donors (Lipinski definition) is 0. The average molecular weight is 416 g/mol. The molecule has 3 aromatic carbocycles. The van der Waals surface area contributed by atoms with Gasteiger partial charge in [-0.05, 0) is 49.2 Å². The quantitative estimate of drug-likeness (QED) is 0.525. The van der Waals surface area contributed by atoms with Crippen LogP contribution in [0, 0.1) is 6.92 Å². The van der Waals surface area contributed by atoms with Crippen molar-refractivity contribution in [3.8, 4) is 5.75 Å². The van der Waals surface area contributed by atoms with Crippen LogP contribution in [0.5, 0.6) is 5.75 Å². The second-order valence-electron chi connectivity index (χ2n) is 6.50. The number of aryl methyl sites for hydroxylation is 1. The maximum absolute atomic E-state index is 13.6. The van der Waals surface area contributed by atoms with Crippen molar-refractivity contribution in [3.63, 3.8) is 0 Å². The summed E-state index contributed by atoms with van der Waals surface area (Å²) in [6.45, 7) is 3.70. The molecule has 0 aliphatic heterocycles. The van der Waals surface area contributed by atoms with E-state index in [1.54, 1.807) is 43.5 Å². The van der Waals surface area contributed by atoms with Crippen LogP contribution in [0.15, 0.2) is 77.7 Å². The van der Waals surface area contributed by atoms with Gasteiger partial charge in [0.25, 0.3) is 10.0 Å². The summed E-state index contributed by atoms with van der Waals surface area (Å²) in [5, 5.41) is 0.416. The van der Waals surface area contributed by atoms with Crippen LogP contribution in [-0.4, -0.2) is 15.5 Å². The van der Waals surface area contributed by atoms with Crippen LogP contribution in [0.25, 0.3) is 0 Å². The standard InChI is InChI=1S/C22H22ClNO3S/c1-16-12-13-21(15-22(16)23)28(25,26)24(17(2)18-8-5-4-6-9-18)19-10-7-11-20(14-19)27-3/h4-15,17H,1-3H3/t17-/m1/s1. The van der Waals surface area contributed by atoms with Gasteiger partial charge in [-0.1, -0.05) is 54.1 Å². The van der Waals surface area contributed by atoms with Crippen molar-refractivity contribution in [3.05, 3.63) is 88.9 Å². The highest BCUT2D eigenvalue weighted by Gasteiger charge is 2.31. The molecule has 28 heavy (non-hydrogen) atoms. The number of benzene rings is 3. The van der Waals surface area contributed by atoms with Gasteiger partial charge in [-0.25, -0.2) is 8.42 Å². The minimum Gasteiger partial charge on any atom is -0.497 e. The van der Waals surface area contributed by atoms with Crippen molar-refractivity contribution in [2.24, 2.45) is 0 Å². The van der Waals surface area contributed by atoms with E-state index in [1.807, 2.05) is 44.2 Å². The zero-order chi connectivity index (χ0) is 20.3. The van der Waals surface area contributed by atoms with Gasteiger partial charge >= 0.3 is 0 Å². The number of ether oxygens (including phenoxy) is 1. The Bertz CT molecular complexity index is 1070. The van der Waals surface area contributed by atoms with Crippen LogP contribution in [0.2, 0.25) is 5.02 Å². The minimum atomic E-state index is -3.87. The van der Waals surface area contributed by atoms with E-state index < -0.39 is 16.1 Å². The van der Waals surface area contributed by atoms with Gasteiger partial charge in [-0.2, -0.15) is 0 Å². The summed E-state index contributed by atoms with van der Waals surface area (Å²) < 4.78 is 34.0. The van der Waals surface area contributed by atoms with Crippen molar-refractivity contribution in [1.82, 2.24) is 0 Å². The predicted molar refractivity (Wildman–Crippen MR) is 114 cm³/mol. The molecule has 0 spiro atoms. The van der Waals surface area contributed by atoms with E-state index in [4.69, 9.17) is 16.3 Å². The molecule has 0 aliphatic carbocycles. The normalized spacial score (nSPS) is 12.4. The topological polar surface area (TPSA) is 46.6 Å². The van der Waals surface area contributed by atoms with E-state index in [0.717, 1.165) is 11.1 Å². The summed E-state index contributed by atoms with van der Waals surface area (Å²) in [6, 6.07) is 20.9. The lowest BCUT2D eigenvalue weighted by atomic mass is 10.1. The minimum absolute atomic E-state index is 0.147. The van der Waals surface area contributed by atoms with Gasteiger partial charge in [0.05, 0.1) is 23.7 Å². The summed E-state index contributed by atoms with van der Waals surface area (Å²) in [6.07, 6.45) is 0. The smallest absolute Gasteiger partial charge is 0.264 e. The molecule has 0 bridgehead atoms. The van der Waals surface area contributed by atoms with Gasteiger partial charge < -0.3 is 4.74 Å². The van der Waals surface area contributed by atoms with Crippen molar-refractivity contribution in [2.75, 3.05) is 11.4 Å². The van der Waals surface area contributed by atoms with Crippen LogP contribution >= 0.6 is 11.6 Å². The highest BCUT2D eigenvalue weighted by molar-refractivity contribution is 7.92. The number of sulfonamides is 1. The summed E-state index contributed by atoms with van der Waals surface area (Å²) in [7, 11) is -2.32. The molecule has 0 N–H and O–H groups in total. The lowest BCUT2D eigenvalue weighted by Crippen LogP contribution is -2.33. The van der Waals surface area contributed by atoms with Crippen molar-refractivity contribution in [1.29, 1.82) is 0 Å². The Morgan fingerprint density at radius 2 is 1.68 bits per heavy atom. The van der Waals surface area contributed by atoms with Crippen molar-refractivity contribution < 1.29 is 13.2 Å². The molecule has 0 heterocycles. The summed E-state index contributed by atoms with van der Waals surface area (Å²) >= 11 is 6.21. The first kappa shape index (κ1) is 20.2. The van der Waals surface area contributed by atoms with Crippen LogP contribution in [0.3, 0.4) is 0 Å². The third-order valence-corrected chi connectivity index (χ3v) is 6.94. The Hall–Kier alpha value is -2.50. The van der Waals surface area contributed by atoms with E-state index >= 15 is 0 Å². The Morgan fingerprint density at radius 1 is 0.964 bits per heavy atom. The highest BCUT2D eigenvalue weighted by Crippen LogP contribution is 2.35. The predicted octanol–water partition coefficient (Wildman–Crippen LogP) is 5.61. The molecule has 0 aromatic heterocycles. The van der Waals surface area contributed by atoms with E-state index in [1.165, 1.54) is 10.4 Å². The second kappa shape index (κ2) is 8.25. The first-order valence-electron chi connectivity index (χ1n) is 8.84. The molecule has 0 fully saturated rings. The molecule has 0 unspecified atom stereocenters. The SMILES string of the molecule is COc1cccc(N([C@H](C)c2ccccc2)S(=O)(=O)c2ccc(C)c(Cl)c2)c1. The first-order chi connectivity index (χ1) is 13.3. The molecular formula is C22H22ClNO3S. The number of hydrogen-bond acceptors (Lipinski definition) is 3. The Balaban J connectivity index is 2.18. The number of halogens is 1. The van der Waals surface area contributed by atoms with Crippen LogP contribution in [0.4, 0.5) is 5.69 Å². The molecule has 146 valence electrons. The van der Waals surface area contributed by atoms with Gasteiger partial charge in [0, 0.05) is 11.1 Å². The molecule has 3 aromatic rings. The number of anilines is 1. The Kier molecular flexibility index (Phi) is 5.96. The number of methoxy groups -OCH3 is 1. The second-order valence-corrected chi connectivity index (χ2v) is 8.72. The van der Waals surface area contributed by atoms with Crippen LogP contribution < -0.4 is 9.04 Å². The van der Waals surface area contributed by atoms with Gasteiger partial charge in [-0.3, -0.25) is 4.31 Å². The summed E-state index contributed by atoms with van der Waals surface area (Å²) in [5.74, 6) is 0.583. The van der Waals surface area contributed by atoms with Crippen molar-refractivity contribution in [2.45, 2.75) is 24.8 Å². The average Bonchev–Trinajstić information content (AvgIpc) is 2.70. The molecule has 0 aliphatic rings. The fourth-order valence-corrected chi connectivity index (χ4v) is 4.94. The third kappa shape index (κ3) is 4.01. The van der Waals surface area contributed by atoms with E-state index in [2.05, 4.69) is 0 Å². The highest BCUT2D eigenvalue weighted by atomic mass is 35.5. The van der Waals surface area contributed by atoms with Crippen LogP contribution in [-0.2, 0) is 10.0 Å². The molecule has 4 nitrogen and oxygen atoms in total. The van der Waals surface area contributed by atoms with E-state index in [9.17, 15) is 8.42 Å². The molecule has 0 amide bonds. The lowest BCUT2D eigenvalue weighted by Gasteiger charge is -2.31. The molecule has 0 radical (unpaired) electrons. The largest absolute Gasteiger partial charge is 0.497 e. The summed E-state index contributed by atoms with van der Waals surface area (Å²) in [4.78, 5) is 0.147. The van der Waals surface area contributed by atoms with Gasteiger partial charge in [-0.15, -0.1) is 0 Å². The third-order valence-electron chi connectivity index (χ3n) is 4.64. The Morgan fingerprint density at radius 3 is 2.32 bits per heavy atom. The van der Waals surface area contributed by atoms with Gasteiger partial charge in [0.15, 0.2) is 0 Å². The van der Waals surface area contributed by atoms with Gasteiger partial charge in [0.1, 0.15) is 5.75 Å². The fourth-order valence-electron chi connectivity index (χ4n) is 3.03. The zero-order valence-electron chi connectivity index (χ0n) is 16.0. The first-order valence-corrected chi connectivity index (χ1v) is 10.7. The zero-order valence-corrected chi connectivity index (χ0v) is 17.5. The maximum Gasteiger partial charge on any atom is 0.264 e. The van der Waals surface area contributed by atoms with E-state index in [0.29, 0.717) is 16.5 Å². The monoisotopic (exact) mass is 415 g/mol. The Labute approximate surface area is 171 Å². The molecule has 6 heteroatoms. The van der Waals surface area contributed by atoms with Gasteiger partial charge in [0.2, 0.25) is 0 Å². The molecule has 1 atom stereocenters. The number of rotatable bonds is 6. The number of nitrogens with zero attached hydrogens (tertiary/aromatic N) is 1. The molecule has 0 saturated heterocycles.